The Morgan fingerprint density at radius 1 is 0.902 bits per heavy atom. The lowest BCUT2D eigenvalue weighted by atomic mass is 9.62. The smallest absolute Gasteiger partial charge is 0.261 e. The molecule has 2 aromatic rings. The van der Waals surface area contributed by atoms with Gasteiger partial charge in [0.05, 0.1) is 6.61 Å². The van der Waals surface area contributed by atoms with Gasteiger partial charge in [-0.1, -0.05) is 122 Å². The molecule has 4 nitrogen and oxygen atoms in total. The molecule has 226 valence electrons. The van der Waals surface area contributed by atoms with Crippen molar-refractivity contribution in [2.24, 2.45) is 11.3 Å². The van der Waals surface area contributed by atoms with Crippen molar-refractivity contribution in [2.45, 2.75) is 103 Å². The molecule has 0 bridgehead atoms. The first-order chi connectivity index (χ1) is 18.9. The molecule has 2 aromatic carbocycles. The van der Waals surface area contributed by atoms with Gasteiger partial charge in [-0.3, -0.25) is 0 Å². The van der Waals surface area contributed by atoms with E-state index in [0.717, 1.165) is 18.3 Å². The van der Waals surface area contributed by atoms with Crippen molar-refractivity contribution in [1.29, 1.82) is 0 Å². The zero-order valence-electron chi connectivity index (χ0n) is 27.2. The first-order valence-corrected chi connectivity index (χ1v) is 20.0. The van der Waals surface area contributed by atoms with E-state index in [-0.39, 0.29) is 16.0 Å². The maximum atomic E-state index is 12.4. The normalized spacial score (nSPS) is 24.2. The van der Waals surface area contributed by atoms with Gasteiger partial charge in [0, 0.05) is 12.0 Å². The molecule has 0 saturated carbocycles. The van der Waals surface area contributed by atoms with E-state index in [4.69, 9.17) is 8.85 Å². The number of hydrogen-bond acceptors (Lipinski definition) is 4. The summed E-state index contributed by atoms with van der Waals surface area (Å²) in [4.78, 5) is 12.4. The maximum Gasteiger partial charge on any atom is 0.261 e. The topological polar surface area (TPSA) is 55.8 Å². The van der Waals surface area contributed by atoms with E-state index in [1.54, 1.807) is 0 Å². The van der Waals surface area contributed by atoms with Crippen molar-refractivity contribution in [1.82, 2.24) is 0 Å². The van der Waals surface area contributed by atoms with Crippen molar-refractivity contribution in [3.8, 4) is 0 Å². The molecule has 1 N–H and O–H groups in total. The van der Waals surface area contributed by atoms with Crippen LogP contribution >= 0.6 is 0 Å². The van der Waals surface area contributed by atoms with Gasteiger partial charge in [0.2, 0.25) is 0 Å². The Balaban J connectivity index is 1.95. The van der Waals surface area contributed by atoms with Crippen LogP contribution in [0.1, 0.15) is 74.7 Å². The molecule has 41 heavy (non-hydrogen) atoms. The van der Waals surface area contributed by atoms with Crippen molar-refractivity contribution in [3.05, 3.63) is 72.3 Å². The molecule has 0 saturated heterocycles. The third kappa shape index (κ3) is 6.88. The molecule has 1 aliphatic rings. The van der Waals surface area contributed by atoms with Crippen LogP contribution in [0.5, 0.6) is 0 Å². The van der Waals surface area contributed by atoms with Crippen LogP contribution in [0.25, 0.3) is 0 Å². The molecule has 3 atom stereocenters. The average Bonchev–Trinajstić information content (AvgIpc) is 2.90. The molecule has 6 heteroatoms. The van der Waals surface area contributed by atoms with Crippen LogP contribution in [0.2, 0.25) is 23.2 Å². The number of hydrogen-bond donors (Lipinski definition) is 1. The van der Waals surface area contributed by atoms with Gasteiger partial charge in [-0.15, -0.1) is 0 Å². The second-order valence-electron chi connectivity index (χ2n) is 14.9. The summed E-state index contributed by atoms with van der Waals surface area (Å²) in [5.74, 6) is 0.0278. The second-order valence-corrected chi connectivity index (χ2v) is 24.1. The number of rotatable bonds is 11. The zero-order valence-corrected chi connectivity index (χ0v) is 29.2. The Hall–Kier alpha value is -1.84. The number of benzene rings is 2. The van der Waals surface area contributed by atoms with E-state index >= 15 is 0 Å². The standard InChI is InChI=1S/C35H54O4Si2/c1-28-24-35(37,27-36)34(8,22-17-23-38-40(9,10)32(2,3)4)25-29(28)26-39-41(33(5,6)7,30-18-13-11-14-19-30)31-20-15-12-16-21-31/h11-16,18-21,25,27-28,37H,17,22-24,26H2,1-10H3/t28-,34-,35+/m0/s1. The maximum absolute atomic E-state index is 12.4. The van der Waals surface area contributed by atoms with Gasteiger partial charge >= 0.3 is 0 Å². The molecule has 0 radical (unpaired) electrons. The van der Waals surface area contributed by atoms with Crippen LogP contribution in [-0.4, -0.2) is 46.8 Å². The lowest BCUT2D eigenvalue weighted by molar-refractivity contribution is -0.139. The molecule has 1 aliphatic carbocycles. The second kappa shape index (κ2) is 12.4. The average molecular weight is 595 g/mol. The number of carbonyl (C=O) groups excluding carboxylic acids is 1. The first-order valence-electron chi connectivity index (χ1n) is 15.2. The Bertz CT molecular complexity index is 1140. The van der Waals surface area contributed by atoms with Crippen molar-refractivity contribution >= 4 is 33.3 Å². The van der Waals surface area contributed by atoms with E-state index in [0.29, 0.717) is 26.1 Å². The highest BCUT2D eigenvalue weighted by atomic mass is 28.4. The van der Waals surface area contributed by atoms with E-state index in [1.807, 2.05) is 6.92 Å². The number of aliphatic hydroxyl groups is 1. The minimum Gasteiger partial charge on any atom is -0.417 e. The van der Waals surface area contributed by atoms with E-state index in [2.05, 4.69) is 128 Å². The van der Waals surface area contributed by atoms with E-state index < -0.39 is 27.7 Å². The predicted molar refractivity (Wildman–Crippen MR) is 177 cm³/mol. The van der Waals surface area contributed by atoms with Crippen LogP contribution in [0, 0.1) is 11.3 Å². The van der Waals surface area contributed by atoms with Crippen LogP contribution in [-0.2, 0) is 13.6 Å². The first kappa shape index (κ1) is 33.7. The lowest BCUT2D eigenvalue weighted by Crippen LogP contribution is -2.66. The SMILES string of the molecule is C[C@H]1C[C@@](O)(C=O)[C@@](C)(CCCO[Si](C)(C)C(C)(C)C)C=C1CO[Si](c1ccccc1)(c1ccccc1)C(C)(C)C. The Morgan fingerprint density at radius 3 is 1.85 bits per heavy atom. The Labute approximate surface area is 251 Å². The lowest BCUT2D eigenvalue weighted by Gasteiger charge is -2.47. The Kier molecular flexibility index (Phi) is 10.2. The minimum absolute atomic E-state index is 0.0278. The highest BCUT2D eigenvalue weighted by Crippen LogP contribution is 2.48. The van der Waals surface area contributed by atoms with E-state index in [9.17, 15) is 9.90 Å². The third-order valence-corrected chi connectivity index (χ3v) is 19.4. The van der Waals surface area contributed by atoms with Gasteiger partial charge in [-0.05, 0) is 64.3 Å². The molecule has 0 fully saturated rings. The summed E-state index contributed by atoms with van der Waals surface area (Å²) in [5.41, 5.74) is -0.940. The fraction of sp³-hybridized carbons (Fsp3) is 0.571. The fourth-order valence-corrected chi connectivity index (χ4v) is 11.7. The predicted octanol–water partition coefficient (Wildman–Crippen LogP) is 7.27. The summed E-state index contributed by atoms with van der Waals surface area (Å²) in [6.45, 7) is 23.4. The van der Waals surface area contributed by atoms with Crippen LogP contribution in [0.4, 0.5) is 0 Å². The van der Waals surface area contributed by atoms with Crippen LogP contribution < -0.4 is 10.4 Å². The molecule has 0 spiro atoms. The summed E-state index contributed by atoms with van der Waals surface area (Å²) >= 11 is 0. The quantitative estimate of drug-likeness (QED) is 0.129. The zero-order chi connectivity index (χ0) is 30.7. The van der Waals surface area contributed by atoms with Crippen molar-refractivity contribution in [3.63, 3.8) is 0 Å². The van der Waals surface area contributed by atoms with Gasteiger partial charge < -0.3 is 18.8 Å². The van der Waals surface area contributed by atoms with Gasteiger partial charge in [-0.25, -0.2) is 0 Å². The monoisotopic (exact) mass is 594 g/mol. The minimum atomic E-state index is -2.71. The summed E-state index contributed by atoms with van der Waals surface area (Å²) in [6, 6.07) is 21.4. The summed E-state index contributed by atoms with van der Waals surface area (Å²) in [6.07, 6.45) is 4.79. The molecule has 0 heterocycles. The highest BCUT2D eigenvalue weighted by molar-refractivity contribution is 6.99. The van der Waals surface area contributed by atoms with Gasteiger partial charge in [0.15, 0.2) is 14.6 Å². The van der Waals surface area contributed by atoms with Crippen LogP contribution in [0.15, 0.2) is 72.3 Å². The molecule has 3 rings (SSSR count). The molecule has 0 aliphatic heterocycles. The summed E-state index contributed by atoms with van der Waals surface area (Å²) in [7, 11) is -4.58. The van der Waals surface area contributed by atoms with E-state index in [1.165, 1.54) is 10.4 Å². The summed E-state index contributed by atoms with van der Waals surface area (Å²) in [5, 5.41) is 14.1. The largest absolute Gasteiger partial charge is 0.417 e. The Morgan fingerprint density at radius 2 is 1.41 bits per heavy atom. The van der Waals surface area contributed by atoms with Gasteiger partial charge in [0.1, 0.15) is 5.60 Å². The van der Waals surface area contributed by atoms with Gasteiger partial charge in [-0.2, -0.15) is 0 Å². The molecule has 0 unspecified atom stereocenters. The summed E-state index contributed by atoms with van der Waals surface area (Å²) < 4.78 is 13.7. The van der Waals surface area contributed by atoms with Crippen molar-refractivity contribution < 1.29 is 18.8 Å². The number of carbonyl (C=O) groups is 1. The van der Waals surface area contributed by atoms with Crippen molar-refractivity contribution in [2.75, 3.05) is 13.2 Å². The van der Waals surface area contributed by atoms with Crippen LogP contribution in [0.3, 0.4) is 0 Å². The highest BCUT2D eigenvalue weighted by Gasteiger charge is 2.52. The third-order valence-electron chi connectivity index (χ3n) is 9.92. The molecule has 0 aromatic heterocycles. The molecular formula is C35H54O4Si2. The molecule has 0 amide bonds. The molecular weight excluding hydrogens is 541 g/mol. The van der Waals surface area contributed by atoms with Gasteiger partial charge in [0.25, 0.3) is 8.32 Å². The fourth-order valence-electron chi connectivity index (χ4n) is 6.10. The number of aldehydes is 1.